The van der Waals surface area contributed by atoms with Gasteiger partial charge in [-0.2, -0.15) is 0 Å². The maximum absolute atomic E-state index is 4.41. The van der Waals surface area contributed by atoms with Crippen molar-refractivity contribution in [3.05, 3.63) is 16.1 Å². The Labute approximate surface area is 97.1 Å². The quantitative estimate of drug-likeness (QED) is 0.773. The maximum atomic E-state index is 4.41. The molecule has 0 fully saturated rings. The summed E-state index contributed by atoms with van der Waals surface area (Å²) in [5.74, 6) is 0. The lowest BCUT2D eigenvalue weighted by molar-refractivity contribution is 0.488. The van der Waals surface area contributed by atoms with E-state index < -0.39 is 0 Å². The zero-order valence-electron chi connectivity index (χ0n) is 10.0. The first-order chi connectivity index (χ1) is 7.30. The number of rotatable bonds is 7. The highest BCUT2D eigenvalue weighted by atomic mass is 32.1. The lowest BCUT2D eigenvalue weighted by Gasteiger charge is -2.13. The van der Waals surface area contributed by atoms with Crippen LogP contribution in [0.5, 0.6) is 0 Å². The summed E-state index contributed by atoms with van der Waals surface area (Å²) in [6.07, 6.45) is 6.62. The molecule has 3 heteroatoms. The molecule has 0 saturated carbocycles. The van der Waals surface area contributed by atoms with Crippen molar-refractivity contribution in [2.75, 3.05) is 6.54 Å². The number of hydrogen-bond acceptors (Lipinski definition) is 3. The van der Waals surface area contributed by atoms with Crippen LogP contribution in [0.4, 0.5) is 0 Å². The van der Waals surface area contributed by atoms with Crippen LogP contribution < -0.4 is 5.32 Å². The minimum Gasteiger partial charge on any atom is -0.314 e. The van der Waals surface area contributed by atoms with E-state index in [-0.39, 0.29) is 0 Å². The van der Waals surface area contributed by atoms with E-state index in [4.69, 9.17) is 0 Å². The smallest absolute Gasteiger partial charge is 0.0940 e. The minimum absolute atomic E-state index is 0.676. The summed E-state index contributed by atoms with van der Waals surface area (Å²) in [6.45, 7) is 7.71. The second-order valence-corrected chi connectivity index (χ2v) is 4.99. The Morgan fingerprint density at radius 3 is 2.60 bits per heavy atom. The van der Waals surface area contributed by atoms with Crippen molar-refractivity contribution in [2.24, 2.45) is 0 Å². The molecule has 15 heavy (non-hydrogen) atoms. The zero-order valence-corrected chi connectivity index (χ0v) is 10.9. The van der Waals surface area contributed by atoms with E-state index in [2.05, 4.69) is 31.1 Å². The van der Waals surface area contributed by atoms with Gasteiger partial charge in [-0.25, -0.2) is 4.98 Å². The molecule has 1 heterocycles. The Bertz CT molecular complexity index is 266. The number of aryl methyl sites for hydroxylation is 1. The fraction of sp³-hybridized carbons (Fsp3) is 0.750. The van der Waals surface area contributed by atoms with Crippen molar-refractivity contribution in [1.82, 2.24) is 10.3 Å². The fourth-order valence-corrected chi connectivity index (χ4v) is 2.45. The molecule has 0 unspecified atom stereocenters. The van der Waals surface area contributed by atoms with Crippen molar-refractivity contribution in [3.8, 4) is 0 Å². The molecule has 0 amide bonds. The summed E-state index contributed by atoms with van der Waals surface area (Å²) in [7, 11) is 0. The molecule has 1 aromatic rings. The number of nitrogens with zero attached hydrogens (tertiary/aromatic N) is 1. The first-order valence-corrected chi connectivity index (χ1v) is 6.78. The average molecular weight is 226 g/mol. The maximum Gasteiger partial charge on any atom is 0.0940 e. The highest BCUT2D eigenvalue weighted by molar-refractivity contribution is 7.11. The van der Waals surface area contributed by atoms with Crippen LogP contribution in [0.25, 0.3) is 0 Å². The average Bonchev–Trinajstić information content (AvgIpc) is 2.72. The molecule has 1 aromatic heterocycles. The van der Waals surface area contributed by atoms with Crippen LogP contribution in [-0.2, 0) is 12.8 Å². The van der Waals surface area contributed by atoms with Gasteiger partial charge in [0.1, 0.15) is 0 Å². The Morgan fingerprint density at radius 1 is 1.33 bits per heavy atom. The molecule has 0 spiro atoms. The second-order valence-electron chi connectivity index (χ2n) is 3.79. The number of nitrogens with one attached hydrogen (secondary N) is 1. The van der Waals surface area contributed by atoms with Crippen LogP contribution in [0.15, 0.2) is 6.20 Å². The summed E-state index contributed by atoms with van der Waals surface area (Å²) in [5, 5.41) is 4.83. The van der Waals surface area contributed by atoms with Gasteiger partial charge < -0.3 is 5.32 Å². The Morgan fingerprint density at radius 2 is 2.07 bits per heavy atom. The normalized spacial score (nSPS) is 11.2. The largest absolute Gasteiger partial charge is 0.314 e. The van der Waals surface area contributed by atoms with Crippen molar-refractivity contribution >= 4 is 11.3 Å². The molecular formula is C12H22N2S. The molecule has 0 radical (unpaired) electrons. The Kier molecular flexibility index (Phi) is 5.88. The topological polar surface area (TPSA) is 24.9 Å². The van der Waals surface area contributed by atoms with Crippen LogP contribution in [0.1, 0.15) is 43.5 Å². The van der Waals surface area contributed by atoms with Crippen LogP contribution in [0, 0.1) is 0 Å². The van der Waals surface area contributed by atoms with E-state index in [9.17, 15) is 0 Å². The molecular weight excluding hydrogens is 204 g/mol. The van der Waals surface area contributed by atoms with Gasteiger partial charge in [-0.05, 0) is 19.3 Å². The Balaban J connectivity index is 2.25. The zero-order chi connectivity index (χ0) is 11.1. The standard InChI is InChI=1S/C12H22N2S/c1-4-10(5-2)13-8-7-12-14-9-11(6-3)15-12/h9-10,13H,4-8H2,1-3H3. The molecule has 1 rings (SSSR count). The first kappa shape index (κ1) is 12.7. The van der Waals surface area contributed by atoms with E-state index in [1.807, 2.05) is 17.5 Å². The molecule has 86 valence electrons. The van der Waals surface area contributed by atoms with Crippen LogP contribution in [0.2, 0.25) is 0 Å². The molecule has 0 aromatic carbocycles. The fourth-order valence-electron chi connectivity index (χ4n) is 1.59. The summed E-state index contributed by atoms with van der Waals surface area (Å²) in [6, 6.07) is 0.676. The molecule has 0 aliphatic rings. The molecule has 0 bridgehead atoms. The summed E-state index contributed by atoms with van der Waals surface area (Å²) < 4.78 is 0. The van der Waals surface area contributed by atoms with Crippen molar-refractivity contribution in [1.29, 1.82) is 0 Å². The van der Waals surface area contributed by atoms with Gasteiger partial charge in [-0.1, -0.05) is 20.8 Å². The lowest BCUT2D eigenvalue weighted by atomic mass is 10.2. The number of thiazole rings is 1. The molecule has 0 saturated heterocycles. The molecule has 2 nitrogen and oxygen atoms in total. The van der Waals surface area contributed by atoms with Crippen LogP contribution in [-0.4, -0.2) is 17.6 Å². The summed E-state index contributed by atoms with van der Waals surface area (Å²) in [4.78, 5) is 5.81. The van der Waals surface area contributed by atoms with E-state index in [0.717, 1.165) is 19.4 Å². The Hall–Kier alpha value is -0.410. The predicted molar refractivity (Wildman–Crippen MR) is 67.6 cm³/mol. The van der Waals surface area contributed by atoms with Crippen LogP contribution >= 0.6 is 11.3 Å². The number of aromatic nitrogens is 1. The minimum atomic E-state index is 0.676. The molecule has 1 N–H and O–H groups in total. The highest BCUT2D eigenvalue weighted by Crippen LogP contribution is 2.13. The van der Waals surface area contributed by atoms with Crippen LogP contribution in [0.3, 0.4) is 0 Å². The van der Waals surface area contributed by atoms with E-state index >= 15 is 0 Å². The molecule has 0 aliphatic carbocycles. The first-order valence-electron chi connectivity index (χ1n) is 5.97. The van der Waals surface area contributed by atoms with Gasteiger partial charge in [-0.15, -0.1) is 11.3 Å². The predicted octanol–water partition coefficient (Wildman–Crippen LogP) is 3.03. The summed E-state index contributed by atoms with van der Waals surface area (Å²) >= 11 is 1.85. The van der Waals surface area contributed by atoms with E-state index in [1.165, 1.54) is 22.7 Å². The SMILES string of the molecule is CCc1cnc(CCNC(CC)CC)s1. The van der Waals surface area contributed by atoms with Gasteiger partial charge in [0.05, 0.1) is 5.01 Å². The van der Waals surface area contributed by atoms with Crippen molar-refractivity contribution in [3.63, 3.8) is 0 Å². The van der Waals surface area contributed by atoms with Crippen molar-refractivity contribution < 1.29 is 0 Å². The van der Waals surface area contributed by atoms with Crippen molar-refractivity contribution in [2.45, 2.75) is 52.5 Å². The van der Waals surface area contributed by atoms with E-state index in [1.54, 1.807) is 0 Å². The second kappa shape index (κ2) is 6.96. The molecule has 0 atom stereocenters. The van der Waals surface area contributed by atoms with Gasteiger partial charge >= 0.3 is 0 Å². The third kappa shape index (κ3) is 4.31. The lowest BCUT2D eigenvalue weighted by Crippen LogP contribution is -2.29. The summed E-state index contributed by atoms with van der Waals surface area (Å²) in [5.41, 5.74) is 0. The monoisotopic (exact) mass is 226 g/mol. The van der Waals surface area contributed by atoms with Gasteiger partial charge in [0, 0.05) is 30.1 Å². The third-order valence-electron chi connectivity index (χ3n) is 2.71. The van der Waals surface area contributed by atoms with Gasteiger partial charge in [-0.3, -0.25) is 0 Å². The van der Waals surface area contributed by atoms with E-state index in [0.29, 0.717) is 6.04 Å². The third-order valence-corrected chi connectivity index (χ3v) is 3.91. The van der Waals surface area contributed by atoms with Gasteiger partial charge in [0.15, 0.2) is 0 Å². The highest BCUT2D eigenvalue weighted by Gasteiger charge is 2.03. The van der Waals surface area contributed by atoms with Gasteiger partial charge in [0.2, 0.25) is 0 Å². The molecule has 0 aliphatic heterocycles. The number of hydrogen-bond donors (Lipinski definition) is 1. The van der Waals surface area contributed by atoms with Gasteiger partial charge in [0.25, 0.3) is 0 Å².